The number of ether oxygens (including phenoxy) is 1. The van der Waals surface area contributed by atoms with Crippen LogP contribution in [0.15, 0.2) is 24.3 Å². The second kappa shape index (κ2) is 7.20. The molecule has 0 aliphatic heterocycles. The number of carbonyl (C=O) groups is 1. The topological polar surface area (TPSA) is 26.3 Å². The summed E-state index contributed by atoms with van der Waals surface area (Å²) in [6.07, 6.45) is 2.21. The van der Waals surface area contributed by atoms with Crippen molar-refractivity contribution in [1.82, 2.24) is 0 Å². The number of ketones is 1. The smallest absolute Gasteiger partial charge is 0.137 e. The molecule has 0 amide bonds. The van der Waals surface area contributed by atoms with Crippen molar-refractivity contribution in [3.8, 4) is 5.75 Å². The monoisotopic (exact) mass is 248 g/mol. The number of carbonyl (C=O) groups excluding carboxylic acids is 1. The van der Waals surface area contributed by atoms with Crippen LogP contribution in [0.4, 0.5) is 0 Å². The maximum absolute atomic E-state index is 11.7. The van der Waals surface area contributed by atoms with E-state index in [0.29, 0.717) is 5.92 Å². The van der Waals surface area contributed by atoms with Crippen LogP contribution < -0.4 is 4.74 Å². The van der Waals surface area contributed by atoms with Crippen LogP contribution in [0.3, 0.4) is 0 Å². The average molecular weight is 248 g/mol. The Morgan fingerprint density at radius 3 is 2.28 bits per heavy atom. The molecular formula is C16H24O2. The van der Waals surface area contributed by atoms with Crippen molar-refractivity contribution in [2.24, 2.45) is 5.92 Å². The van der Waals surface area contributed by atoms with Gasteiger partial charge in [0.15, 0.2) is 0 Å². The second-order valence-electron chi connectivity index (χ2n) is 5.10. The van der Waals surface area contributed by atoms with Gasteiger partial charge in [0.05, 0.1) is 6.61 Å². The van der Waals surface area contributed by atoms with E-state index >= 15 is 0 Å². The van der Waals surface area contributed by atoms with Crippen LogP contribution in [0, 0.1) is 5.92 Å². The zero-order valence-electron chi connectivity index (χ0n) is 11.9. The molecule has 0 N–H and O–H groups in total. The fourth-order valence-corrected chi connectivity index (χ4v) is 2.19. The highest BCUT2D eigenvalue weighted by molar-refractivity contribution is 5.83. The summed E-state index contributed by atoms with van der Waals surface area (Å²) in [4.78, 5) is 11.7. The summed E-state index contributed by atoms with van der Waals surface area (Å²) in [6.45, 7) is 8.73. The lowest BCUT2D eigenvalue weighted by Crippen LogP contribution is -2.15. The van der Waals surface area contributed by atoms with Crippen LogP contribution in [0.25, 0.3) is 0 Å². The van der Waals surface area contributed by atoms with Crippen molar-refractivity contribution in [3.63, 3.8) is 0 Å². The van der Waals surface area contributed by atoms with E-state index in [1.807, 2.05) is 24.3 Å². The molecule has 2 nitrogen and oxygen atoms in total. The molecular weight excluding hydrogens is 224 g/mol. The van der Waals surface area contributed by atoms with Gasteiger partial charge in [-0.1, -0.05) is 39.3 Å². The average Bonchev–Trinajstić information content (AvgIpc) is 2.30. The molecule has 0 spiro atoms. The van der Waals surface area contributed by atoms with Crippen molar-refractivity contribution >= 4 is 5.78 Å². The van der Waals surface area contributed by atoms with Crippen LogP contribution in [0.2, 0.25) is 0 Å². The van der Waals surface area contributed by atoms with Gasteiger partial charge in [0, 0.05) is 5.92 Å². The summed E-state index contributed by atoms with van der Waals surface area (Å²) in [5, 5.41) is 0. The second-order valence-corrected chi connectivity index (χ2v) is 5.10. The first-order chi connectivity index (χ1) is 8.56. The molecule has 18 heavy (non-hydrogen) atoms. The van der Waals surface area contributed by atoms with E-state index in [-0.39, 0.29) is 11.7 Å². The standard InChI is InChI=1S/C16H24O2/c1-5-6-11-18-15-9-7-14(8-10-15)16(12(2)3)13(4)17/h7-10,12,16H,5-6,11H2,1-4H3/t16-/m0/s1. The highest BCUT2D eigenvalue weighted by Gasteiger charge is 2.20. The van der Waals surface area contributed by atoms with E-state index < -0.39 is 0 Å². The van der Waals surface area contributed by atoms with E-state index in [0.717, 1.165) is 30.8 Å². The van der Waals surface area contributed by atoms with Crippen LogP contribution in [0.5, 0.6) is 5.75 Å². The first kappa shape index (κ1) is 14.7. The lowest BCUT2D eigenvalue weighted by Gasteiger charge is -2.18. The Balaban J connectivity index is 2.71. The molecule has 100 valence electrons. The van der Waals surface area contributed by atoms with Crippen molar-refractivity contribution in [1.29, 1.82) is 0 Å². The van der Waals surface area contributed by atoms with E-state index in [1.54, 1.807) is 6.92 Å². The normalized spacial score (nSPS) is 12.5. The Kier molecular flexibility index (Phi) is 5.90. The van der Waals surface area contributed by atoms with E-state index in [2.05, 4.69) is 20.8 Å². The highest BCUT2D eigenvalue weighted by Crippen LogP contribution is 2.27. The third-order valence-electron chi connectivity index (χ3n) is 3.11. The number of rotatable bonds is 7. The molecule has 1 aromatic carbocycles. The number of hydrogen-bond donors (Lipinski definition) is 0. The maximum atomic E-state index is 11.7. The van der Waals surface area contributed by atoms with Crippen molar-refractivity contribution in [3.05, 3.63) is 29.8 Å². The first-order valence-electron chi connectivity index (χ1n) is 6.79. The van der Waals surface area contributed by atoms with E-state index in [1.165, 1.54) is 0 Å². The number of unbranched alkanes of at least 4 members (excludes halogenated alkanes) is 1. The Labute approximate surface area is 110 Å². The van der Waals surface area contributed by atoms with E-state index in [4.69, 9.17) is 4.74 Å². The Hall–Kier alpha value is -1.31. The predicted molar refractivity (Wildman–Crippen MR) is 75.1 cm³/mol. The van der Waals surface area contributed by atoms with Crippen LogP contribution in [-0.2, 0) is 4.79 Å². The van der Waals surface area contributed by atoms with Gasteiger partial charge in [-0.25, -0.2) is 0 Å². The van der Waals surface area contributed by atoms with Crippen molar-refractivity contribution in [2.75, 3.05) is 6.61 Å². The quantitative estimate of drug-likeness (QED) is 0.676. The maximum Gasteiger partial charge on any atom is 0.137 e. The van der Waals surface area contributed by atoms with Crippen LogP contribution in [-0.4, -0.2) is 12.4 Å². The van der Waals surface area contributed by atoms with Gasteiger partial charge < -0.3 is 4.74 Å². The van der Waals surface area contributed by atoms with Crippen LogP contribution in [0.1, 0.15) is 52.0 Å². The molecule has 0 saturated carbocycles. The Morgan fingerprint density at radius 1 is 1.22 bits per heavy atom. The molecule has 0 bridgehead atoms. The van der Waals surface area contributed by atoms with E-state index in [9.17, 15) is 4.79 Å². The van der Waals surface area contributed by atoms with Crippen molar-refractivity contribution in [2.45, 2.75) is 46.5 Å². The molecule has 0 radical (unpaired) electrons. The molecule has 0 aliphatic carbocycles. The third kappa shape index (κ3) is 4.17. The highest BCUT2D eigenvalue weighted by atomic mass is 16.5. The molecule has 2 heteroatoms. The summed E-state index contributed by atoms with van der Waals surface area (Å²) in [5.41, 5.74) is 1.08. The fourth-order valence-electron chi connectivity index (χ4n) is 2.19. The fraction of sp³-hybridized carbons (Fsp3) is 0.562. The van der Waals surface area contributed by atoms with Gasteiger partial charge in [0.1, 0.15) is 11.5 Å². The largest absolute Gasteiger partial charge is 0.494 e. The summed E-state index contributed by atoms with van der Waals surface area (Å²) in [6, 6.07) is 7.94. The molecule has 0 unspecified atom stereocenters. The summed E-state index contributed by atoms with van der Waals surface area (Å²) in [5.74, 6) is 1.44. The SMILES string of the molecule is CCCCOc1ccc([C@H](C(C)=O)C(C)C)cc1. The number of Topliss-reactive ketones (excluding diaryl/α,β-unsaturated/α-hetero) is 1. The molecule has 0 saturated heterocycles. The summed E-state index contributed by atoms with van der Waals surface area (Å²) >= 11 is 0. The molecule has 0 heterocycles. The molecule has 0 aliphatic rings. The zero-order chi connectivity index (χ0) is 13.5. The third-order valence-corrected chi connectivity index (χ3v) is 3.11. The summed E-state index contributed by atoms with van der Waals surface area (Å²) in [7, 11) is 0. The van der Waals surface area contributed by atoms with Crippen LogP contribution >= 0.6 is 0 Å². The van der Waals surface area contributed by atoms with Crippen molar-refractivity contribution < 1.29 is 9.53 Å². The van der Waals surface area contributed by atoms with Gasteiger partial charge in [0.2, 0.25) is 0 Å². The predicted octanol–water partition coefficient (Wildman–Crippen LogP) is 4.19. The Bertz CT molecular complexity index is 365. The molecule has 0 aromatic heterocycles. The number of benzene rings is 1. The lowest BCUT2D eigenvalue weighted by molar-refractivity contribution is -0.119. The Morgan fingerprint density at radius 2 is 1.83 bits per heavy atom. The lowest BCUT2D eigenvalue weighted by atomic mass is 9.85. The van der Waals surface area contributed by atoms with Gasteiger partial charge in [-0.2, -0.15) is 0 Å². The summed E-state index contributed by atoms with van der Waals surface area (Å²) < 4.78 is 5.62. The van der Waals surface area contributed by atoms with Gasteiger partial charge in [-0.05, 0) is 37.0 Å². The minimum Gasteiger partial charge on any atom is -0.494 e. The van der Waals surface area contributed by atoms with Gasteiger partial charge in [0.25, 0.3) is 0 Å². The van der Waals surface area contributed by atoms with Gasteiger partial charge >= 0.3 is 0 Å². The zero-order valence-corrected chi connectivity index (χ0v) is 11.9. The molecule has 1 aromatic rings. The van der Waals surface area contributed by atoms with Gasteiger partial charge in [-0.3, -0.25) is 4.79 Å². The molecule has 1 atom stereocenters. The minimum absolute atomic E-state index is 0.00491. The minimum atomic E-state index is -0.00491. The molecule has 1 rings (SSSR count). The molecule has 0 fully saturated rings. The first-order valence-corrected chi connectivity index (χ1v) is 6.79. The van der Waals surface area contributed by atoms with Gasteiger partial charge in [-0.15, -0.1) is 0 Å². The number of hydrogen-bond acceptors (Lipinski definition) is 2.